The molecule has 0 heterocycles. The van der Waals surface area contributed by atoms with E-state index < -0.39 is 26.6 Å². The Hall–Kier alpha value is -0.720. The normalized spacial score (nSPS) is 11.7. The third-order valence-corrected chi connectivity index (χ3v) is 3.55. The number of rotatable bonds is 5. The SMILES string of the molecule is O=S(=O)(NCCCCl)c1ccc(F)cc1F. The average molecular weight is 270 g/mol. The van der Waals surface area contributed by atoms with Gasteiger partial charge in [-0.05, 0) is 18.6 Å². The first-order valence-corrected chi connectivity index (χ1v) is 6.50. The van der Waals surface area contributed by atoms with Crippen LogP contribution in [0.3, 0.4) is 0 Å². The van der Waals surface area contributed by atoms with Gasteiger partial charge in [-0.3, -0.25) is 0 Å². The molecule has 0 bridgehead atoms. The highest BCUT2D eigenvalue weighted by atomic mass is 35.5. The summed E-state index contributed by atoms with van der Waals surface area (Å²) in [7, 11) is -3.93. The Morgan fingerprint density at radius 3 is 2.56 bits per heavy atom. The molecule has 7 heteroatoms. The van der Waals surface area contributed by atoms with Crippen molar-refractivity contribution in [3.8, 4) is 0 Å². The van der Waals surface area contributed by atoms with Crippen molar-refractivity contribution >= 4 is 21.6 Å². The van der Waals surface area contributed by atoms with Gasteiger partial charge in [-0.25, -0.2) is 21.9 Å². The van der Waals surface area contributed by atoms with Crippen LogP contribution >= 0.6 is 11.6 Å². The molecule has 1 aromatic carbocycles. The van der Waals surface area contributed by atoms with E-state index in [1.807, 2.05) is 0 Å². The van der Waals surface area contributed by atoms with E-state index in [0.717, 1.165) is 12.1 Å². The third kappa shape index (κ3) is 3.40. The molecule has 0 saturated carbocycles. The largest absolute Gasteiger partial charge is 0.243 e. The Kier molecular flexibility index (Phi) is 4.64. The highest BCUT2D eigenvalue weighted by Crippen LogP contribution is 2.15. The van der Waals surface area contributed by atoms with Crippen LogP contribution in [0.1, 0.15) is 6.42 Å². The Bertz CT molecular complexity index is 465. The fourth-order valence-electron chi connectivity index (χ4n) is 1.04. The molecule has 0 spiro atoms. The van der Waals surface area contributed by atoms with Crippen molar-refractivity contribution in [3.05, 3.63) is 29.8 Å². The lowest BCUT2D eigenvalue weighted by atomic mass is 10.3. The number of hydrogen-bond acceptors (Lipinski definition) is 2. The van der Waals surface area contributed by atoms with Gasteiger partial charge in [0.1, 0.15) is 16.5 Å². The molecular weight excluding hydrogens is 260 g/mol. The molecule has 3 nitrogen and oxygen atoms in total. The first-order chi connectivity index (χ1) is 7.47. The summed E-state index contributed by atoms with van der Waals surface area (Å²) in [6, 6.07) is 2.29. The summed E-state index contributed by atoms with van der Waals surface area (Å²) in [6.45, 7) is 0.114. The van der Waals surface area contributed by atoms with Crippen molar-refractivity contribution in [3.63, 3.8) is 0 Å². The van der Waals surface area contributed by atoms with E-state index in [1.54, 1.807) is 0 Å². The Morgan fingerprint density at radius 2 is 2.00 bits per heavy atom. The van der Waals surface area contributed by atoms with E-state index in [2.05, 4.69) is 4.72 Å². The van der Waals surface area contributed by atoms with Gasteiger partial charge in [-0.15, -0.1) is 11.6 Å². The Labute approximate surface area is 97.5 Å². The highest BCUT2D eigenvalue weighted by molar-refractivity contribution is 7.89. The molecule has 16 heavy (non-hydrogen) atoms. The zero-order chi connectivity index (χ0) is 12.2. The number of halogens is 3. The van der Waals surface area contributed by atoms with E-state index in [0.29, 0.717) is 18.4 Å². The van der Waals surface area contributed by atoms with Crippen LogP contribution in [-0.2, 0) is 10.0 Å². The molecule has 0 atom stereocenters. The smallest absolute Gasteiger partial charge is 0.211 e. The molecular formula is C9H10ClF2NO2S. The molecule has 0 aliphatic rings. The third-order valence-electron chi connectivity index (χ3n) is 1.79. The van der Waals surface area contributed by atoms with Crippen LogP contribution in [-0.4, -0.2) is 20.8 Å². The summed E-state index contributed by atoms with van der Waals surface area (Å²) in [5.41, 5.74) is 0. The summed E-state index contributed by atoms with van der Waals surface area (Å²) in [5.74, 6) is -1.63. The molecule has 0 aliphatic carbocycles. The molecule has 0 amide bonds. The minimum absolute atomic E-state index is 0.114. The van der Waals surface area contributed by atoms with Crippen LogP contribution in [0.15, 0.2) is 23.1 Å². The zero-order valence-corrected chi connectivity index (χ0v) is 9.78. The van der Waals surface area contributed by atoms with Gasteiger partial charge in [0.05, 0.1) is 0 Å². The maximum atomic E-state index is 13.2. The lowest BCUT2D eigenvalue weighted by Gasteiger charge is -2.06. The lowest BCUT2D eigenvalue weighted by Crippen LogP contribution is -2.25. The van der Waals surface area contributed by atoms with Gasteiger partial charge in [0.2, 0.25) is 10.0 Å². The van der Waals surface area contributed by atoms with Gasteiger partial charge in [0.15, 0.2) is 0 Å². The van der Waals surface area contributed by atoms with Crippen molar-refractivity contribution < 1.29 is 17.2 Å². The molecule has 0 unspecified atom stereocenters. The molecule has 1 N–H and O–H groups in total. The second kappa shape index (κ2) is 5.56. The Balaban J connectivity index is 2.90. The minimum atomic E-state index is -3.93. The van der Waals surface area contributed by atoms with E-state index in [-0.39, 0.29) is 6.54 Å². The second-order valence-electron chi connectivity index (χ2n) is 3.02. The van der Waals surface area contributed by atoms with Crippen molar-refractivity contribution in [1.29, 1.82) is 0 Å². The van der Waals surface area contributed by atoms with Crippen LogP contribution in [0.25, 0.3) is 0 Å². The summed E-state index contributed by atoms with van der Waals surface area (Å²) in [6.07, 6.45) is 0.434. The van der Waals surface area contributed by atoms with Crippen LogP contribution in [0.4, 0.5) is 8.78 Å². The predicted octanol–water partition coefficient (Wildman–Crippen LogP) is 1.87. The van der Waals surface area contributed by atoms with Gasteiger partial charge >= 0.3 is 0 Å². The minimum Gasteiger partial charge on any atom is -0.211 e. The van der Waals surface area contributed by atoms with Crippen molar-refractivity contribution in [2.45, 2.75) is 11.3 Å². The summed E-state index contributed by atoms with van der Waals surface area (Å²) >= 11 is 5.37. The highest BCUT2D eigenvalue weighted by Gasteiger charge is 2.18. The summed E-state index contributed by atoms with van der Waals surface area (Å²) in [5, 5.41) is 0. The number of benzene rings is 1. The molecule has 1 aromatic rings. The van der Waals surface area contributed by atoms with Gasteiger partial charge in [0.25, 0.3) is 0 Å². The molecule has 0 aromatic heterocycles. The first kappa shape index (κ1) is 13.3. The lowest BCUT2D eigenvalue weighted by molar-refractivity contribution is 0.543. The Morgan fingerprint density at radius 1 is 1.31 bits per heavy atom. The van der Waals surface area contributed by atoms with E-state index in [9.17, 15) is 17.2 Å². The summed E-state index contributed by atoms with van der Waals surface area (Å²) in [4.78, 5) is -0.566. The number of alkyl halides is 1. The van der Waals surface area contributed by atoms with Crippen LogP contribution in [0, 0.1) is 11.6 Å². The zero-order valence-electron chi connectivity index (χ0n) is 8.21. The quantitative estimate of drug-likeness (QED) is 0.655. The molecule has 0 fully saturated rings. The number of hydrogen-bond donors (Lipinski definition) is 1. The van der Waals surface area contributed by atoms with Crippen LogP contribution in [0.5, 0.6) is 0 Å². The van der Waals surface area contributed by atoms with Gasteiger partial charge in [0, 0.05) is 18.5 Å². The molecule has 0 radical (unpaired) electrons. The maximum absolute atomic E-state index is 13.2. The summed E-state index contributed by atoms with van der Waals surface area (Å²) < 4.78 is 50.9. The van der Waals surface area contributed by atoms with E-state index >= 15 is 0 Å². The topological polar surface area (TPSA) is 46.2 Å². The van der Waals surface area contributed by atoms with Gasteiger partial charge in [-0.1, -0.05) is 0 Å². The van der Waals surface area contributed by atoms with Gasteiger partial charge < -0.3 is 0 Å². The van der Waals surface area contributed by atoms with Crippen LogP contribution in [0.2, 0.25) is 0 Å². The monoisotopic (exact) mass is 269 g/mol. The van der Waals surface area contributed by atoms with Crippen LogP contribution < -0.4 is 4.72 Å². The molecule has 0 saturated heterocycles. The molecule has 90 valence electrons. The number of nitrogens with one attached hydrogen (secondary N) is 1. The molecule has 1 rings (SSSR count). The fourth-order valence-corrected chi connectivity index (χ4v) is 2.31. The van der Waals surface area contributed by atoms with E-state index in [1.165, 1.54) is 0 Å². The second-order valence-corrected chi connectivity index (χ2v) is 5.13. The fraction of sp³-hybridized carbons (Fsp3) is 0.333. The first-order valence-electron chi connectivity index (χ1n) is 4.48. The maximum Gasteiger partial charge on any atom is 0.243 e. The molecule has 0 aliphatic heterocycles. The van der Waals surface area contributed by atoms with E-state index in [4.69, 9.17) is 11.6 Å². The predicted molar refractivity (Wildman–Crippen MR) is 56.9 cm³/mol. The standard InChI is InChI=1S/C9H10ClF2NO2S/c10-4-1-5-13-16(14,15)9-3-2-7(11)6-8(9)12/h2-3,6,13H,1,4-5H2. The van der Waals surface area contributed by atoms with Crippen molar-refractivity contribution in [1.82, 2.24) is 4.72 Å². The number of sulfonamides is 1. The van der Waals surface area contributed by atoms with Crippen molar-refractivity contribution in [2.75, 3.05) is 12.4 Å². The van der Waals surface area contributed by atoms with Gasteiger partial charge in [-0.2, -0.15) is 0 Å². The average Bonchev–Trinajstić information content (AvgIpc) is 2.17. The van der Waals surface area contributed by atoms with Crippen molar-refractivity contribution in [2.24, 2.45) is 0 Å².